The molecule has 3 rings (SSSR count). The third-order valence-corrected chi connectivity index (χ3v) is 3.40. The van der Waals surface area contributed by atoms with Gasteiger partial charge in [0.15, 0.2) is 0 Å². The van der Waals surface area contributed by atoms with Crippen molar-refractivity contribution in [1.29, 1.82) is 0 Å². The van der Waals surface area contributed by atoms with Crippen LogP contribution < -0.4 is 21.9 Å². The Morgan fingerprint density at radius 3 is 2.86 bits per heavy atom. The molecule has 0 saturated heterocycles. The molecule has 1 aliphatic heterocycles. The molecule has 4 N–H and O–H groups in total. The van der Waals surface area contributed by atoms with E-state index in [1.807, 2.05) is 17.1 Å². The Morgan fingerprint density at radius 2 is 2.05 bits per heavy atom. The molecule has 0 fully saturated rings. The van der Waals surface area contributed by atoms with Gasteiger partial charge < -0.3 is 15.6 Å². The molecule has 0 atom stereocenters. The number of H-pyrrole nitrogens is 2. The summed E-state index contributed by atoms with van der Waals surface area (Å²) >= 11 is 0. The molecule has 1 aromatic heterocycles. The minimum absolute atomic E-state index is 0.0647. The van der Waals surface area contributed by atoms with E-state index in [2.05, 4.69) is 15.6 Å². The van der Waals surface area contributed by atoms with E-state index in [1.54, 1.807) is 6.07 Å². The first-order valence-electron chi connectivity index (χ1n) is 6.60. The van der Waals surface area contributed by atoms with Crippen molar-refractivity contribution in [3.05, 3.63) is 61.9 Å². The highest BCUT2D eigenvalue weighted by molar-refractivity contribution is 6.03. The number of nitrogens with one attached hydrogen (secondary N) is 4. The summed E-state index contributed by atoms with van der Waals surface area (Å²) < 4.78 is 0. The Kier molecular flexibility index (Phi) is 3.41. The normalized spacial score (nSPS) is 13.5. The van der Waals surface area contributed by atoms with Crippen LogP contribution in [0.15, 0.2) is 33.9 Å². The van der Waals surface area contributed by atoms with Crippen LogP contribution in [0.25, 0.3) is 0 Å². The van der Waals surface area contributed by atoms with Crippen LogP contribution in [0, 0.1) is 0 Å². The second kappa shape index (κ2) is 5.37. The van der Waals surface area contributed by atoms with E-state index in [9.17, 15) is 14.4 Å². The van der Waals surface area contributed by atoms with Gasteiger partial charge in [-0.05, 0) is 30.2 Å². The fourth-order valence-electron chi connectivity index (χ4n) is 2.41. The molecule has 108 valence electrons. The molecule has 2 aromatic rings. The summed E-state index contributed by atoms with van der Waals surface area (Å²) in [4.78, 5) is 38.9. The quantitative estimate of drug-likeness (QED) is 0.621. The third kappa shape index (κ3) is 2.77. The van der Waals surface area contributed by atoms with Crippen LogP contribution in [0.1, 0.15) is 21.6 Å². The van der Waals surface area contributed by atoms with E-state index in [1.165, 1.54) is 5.56 Å². The summed E-state index contributed by atoms with van der Waals surface area (Å²) in [5, 5.41) is 5.99. The van der Waals surface area contributed by atoms with Crippen LogP contribution in [0.2, 0.25) is 0 Å². The van der Waals surface area contributed by atoms with Crippen LogP contribution in [0.5, 0.6) is 0 Å². The lowest BCUT2D eigenvalue weighted by Crippen LogP contribution is -2.28. The number of carbonyl (C=O) groups is 1. The van der Waals surface area contributed by atoms with Gasteiger partial charge in [-0.25, -0.2) is 4.79 Å². The van der Waals surface area contributed by atoms with Gasteiger partial charge in [-0.15, -0.1) is 0 Å². The Bertz CT molecular complexity index is 778. The van der Waals surface area contributed by atoms with E-state index in [4.69, 9.17) is 0 Å². The number of amides is 1. The monoisotopic (exact) mass is 286 g/mol. The number of carbonyl (C=O) groups excluding carboxylic acids is 1. The van der Waals surface area contributed by atoms with Gasteiger partial charge in [-0.3, -0.25) is 14.6 Å². The number of hydrogen-bond acceptors (Lipinski definition) is 4. The first kappa shape index (κ1) is 13.3. The Morgan fingerprint density at radius 1 is 1.19 bits per heavy atom. The van der Waals surface area contributed by atoms with Crippen LogP contribution in [-0.4, -0.2) is 22.4 Å². The maximum Gasteiger partial charge on any atom is 0.326 e. The van der Waals surface area contributed by atoms with Crippen molar-refractivity contribution in [3.63, 3.8) is 0 Å². The first-order valence-corrected chi connectivity index (χ1v) is 6.60. The summed E-state index contributed by atoms with van der Waals surface area (Å²) in [7, 11) is 0. The highest BCUT2D eigenvalue weighted by atomic mass is 16.2. The standard InChI is InChI=1S/C14H14N4O3/c19-12-6-11(17-14(21)18-12)13(20)16-10-3-1-2-8-4-5-15-7-9(8)10/h1-3,6,15H,4-5,7H2,(H,16,20)(H2,17,18,19,21). The van der Waals surface area contributed by atoms with Crippen molar-refractivity contribution in [1.82, 2.24) is 15.3 Å². The zero-order valence-electron chi connectivity index (χ0n) is 11.2. The molecule has 7 heteroatoms. The van der Waals surface area contributed by atoms with E-state index >= 15 is 0 Å². The summed E-state index contributed by atoms with van der Waals surface area (Å²) in [6.45, 7) is 1.59. The minimum atomic E-state index is -0.704. The maximum absolute atomic E-state index is 12.1. The van der Waals surface area contributed by atoms with Crippen molar-refractivity contribution in [2.75, 3.05) is 11.9 Å². The molecule has 1 aliphatic rings. The molecule has 0 saturated carbocycles. The zero-order chi connectivity index (χ0) is 14.8. The number of anilines is 1. The minimum Gasteiger partial charge on any atom is -0.320 e. The van der Waals surface area contributed by atoms with E-state index in [0.717, 1.165) is 24.6 Å². The fraction of sp³-hybridized carbons (Fsp3) is 0.214. The predicted octanol–water partition coefficient (Wildman–Crippen LogP) is -0.0388. The number of rotatable bonds is 2. The third-order valence-electron chi connectivity index (χ3n) is 3.40. The predicted molar refractivity (Wildman–Crippen MR) is 77.5 cm³/mol. The Hall–Kier alpha value is -2.67. The molecular formula is C14H14N4O3. The lowest BCUT2D eigenvalue weighted by atomic mass is 9.99. The van der Waals surface area contributed by atoms with Gasteiger partial charge in [0.25, 0.3) is 11.5 Å². The smallest absolute Gasteiger partial charge is 0.320 e. The Balaban J connectivity index is 1.91. The van der Waals surface area contributed by atoms with E-state index < -0.39 is 17.2 Å². The van der Waals surface area contributed by atoms with Crippen LogP contribution in [0.4, 0.5) is 5.69 Å². The van der Waals surface area contributed by atoms with E-state index in [0.29, 0.717) is 12.2 Å². The van der Waals surface area contributed by atoms with E-state index in [-0.39, 0.29) is 5.69 Å². The van der Waals surface area contributed by atoms with Crippen molar-refractivity contribution in [2.45, 2.75) is 13.0 Å². The fourth-order valence-corrected chi connectivity index (χ4v) is 2.41. The molecule has 21 heavy (non-hydrogen) atoms. The number of aromatic amines is 2. The maximum atomic E-state index is 12.1. The molecule has 1 aromatic carbocycles. The number of aromatic nitrogens is 2. The Labute approximate surface area is 119 Å². The number of fused-ring (bicyclic) bond motifs is 1. The molecule has 0 spiro atoms. The molecule has 0 radical (unpaired) electrons. The van der Waals surface area contributed by atoms with Gasteiger partial charge in [0.2, 0.25) is 0 Å². The summed E-state index contributed by atoms with van der Waals surface area (Å²) in [6.07, 6.45) is 0.904. The molecule has 0 aliphatic carbocycles. The summed E-state index contributed by atoms with van der Waals surface area (Å²) in [5.74, 6) is -0.517. The van der Waals surface area contributed by atoms with Crippen molar-refractivity contribution < 1.29 is 4.79 Å². The van der Waals surface area contributed by atoms with Crippen molar-refractivity contribution in [2.24, 2.45) is 0 Å². The van der Waals surface area contributed by atoms with Gasteiger partial charge >= 0.3 is 5.69 Å². The van der Waals surface area contributed by atoms with Crippen LogP contribution >= 0.6 is 0 Å². The molecular weight excluding hydrogens is 272 g/mol. The van der Waals surface area contributed by atoms with Crippen LogP contribution in [-0.2, 0) is 13.0 Å². The molecule has 2 heterocycles. The topological polar surface area (TPSA) is 107 Å². The number of hydrogen-bond donors (Lipinski definition) is 4. The molecule has 7 nitrogen and oxygen atoms in total. The van der Waals surface area contributed by atoms with Gasteiger partial charge in [0.1, 0.15) is 5.69 Å². The lowest BCUT2D eigenvalue weighted by Gasteiger charge is -2.20. The summed E-state index contributed by atoms with van der Waals surface area (Å²) in [5.41, 5.74) is 1.52. The SMILES string of the molecule is O=C(Nc1cccc2c1CNCC2)c1cc(=O)[nH]c(=O)[nH]1. The molecule has 0 bridgehead atoms. The lowest BCUT2D eigenvalue weighted by molar-refractivity contribution is 0.102. The average Bonchev–Trinajstić information content (AvgIpc) is 2.46. The largest absolute Gasteiger partial charge is 0.326 e. The highest BCUT2D eigenvalue weighted by Gasteiger charge is 2.15. The zero-order valence-corrected chi connectivity index (χ0v) is 11.2. The van der Waals surface area contributed by atoms with Crippen molar-refractivity contribution >= 4 is 11.6 Å². The van der Waals surface area contributed by atoms with Gasteiger partial charge in [-0.1, -0.05) is 12.1 Å². The first-order chi connectivity index (χ1) is 10.1. The molecule has 0 unspecified atom stereocenters. The van der Waals surface area contributed by atoms with Gasteiger partial charge in [0.05, 0.1) is 0 Å². The molecule has 1 amide bonds. The van der Waals surface area contributed by atoms with Gasteiger partial charge in [0, 0.05) is 18.3 Å². The van der Waals surface area contributed by atoms with Crippen molar-refractivity contribution in [3.8, 4) is 0 Å². The van der Waals surface area contributed by atoms with Gasteiger partial charge in [-0.2, -0.15) is 0 Å². The summed E-state index contributed by atoms with van der Waals surface area (Å²) in [6, 6.07) is 6.76. The average molecular weight is 286 g/mol. The second-order valence-corrected chi connectivity index (χ2v) is 4.83. The highest BCUT2D eigenvalue weighted by Crippen LogP contribution is 2.23. The number of benzene rings is 1. The second-order valence-electron chi connectivity index (χ2n) is 4.83. The van der Waals surface area contributed by atoms with Crippen LogP contribution in [0.3, 0.4) is 0 Å².